The predicted octanol–water partition coefficient (Wildman–Crippen LogP) is 6.36. The molecule has 0 atom stereocenters. The quantitative estimate of drug-likeness (QED) is 0.373. The van der Waals surface area contributed by atoms with Crippen molar-refractivity contribution in [1.82, 2.24) is 14.5 Å². The van der Waals surface area contributed by atoms with Gasteiger partial charge in [-0.25, -0.2) is 9.97 Å². The number of rotatable bonds is 3. The molecule has 0 radical (unpaired) electrons. The largest absolute Gasteiger partial charge is 0.309 e. The summed E-state index contributed by atoms with van der Waals surface area (Å²) in [6.07, 6.45) is 1.67. The lowest BCUT2D eigenvalue weighted by molar-refractivity contribution is 0.815. The summed E-state index contributed by atoms with van der Waals surface area (Å²) in [4.78, 5) is 8.93. The number of hydrogen-bond donors (Lipinski definition) is 0. The molecule has 3 aromatic carbocycles. The van der Waals surface area contributed by atoms with Crippen molar-refractivity contribution >= 4 is 21.8 Å². The maximum atomic E-state index is 4.53. The van der Waals surface area contributed by atoms with Crippen LogP contribution in [0.25, 0.3) is 38.8 Å². The highest BCUT2D eigenvalue weighted by Crippen LogP contribution is 2.34. The highest BCUT2D eigenvalue weighted by atomic mass is 15.0. The third kappa shape index (κ3) is 2.67. The second-order valence-corrected chi connectivity index (χ2v) is 7.40. The van der Waals surface area contributed by atoms with E-state index >= 15 is 0 Å². The molecule has 28 heavy (non-hydrogen) atoms. The topological polar surface area (TPSA) is 30.7 Å². The van der Waals surface area contributed by atoms with Gasteiger partial charge in [0.25, 0.3) is 0 Å². The van der Waals surface area contributed by atoms with Gasteiger partial charge in [0.1, 0.15) is 6.33 Å². The van der Waals surface area contributed by atoms with E-state index in [1.807, 2.05) is 0 Å². The first-order valence-corrected chi connectivity index (χ1v) is 9.63. The molecule has 5 rings (SSSR count). The molecule has 0 saturated carbocycles. The molecule has 0 N–H and O–H groups in total. The zero-order valence-electron chi connectivity index (χ0n) is 16.0. The highest BCUT2D eigenvalue weighted by molar-refractivity contribution is 6.10. The Morgan fingerprint density at radius 3 is 2.29 bits per heavy atom. The Morgan fingerprint density at radius 1 is 0.714 bits per heavy atom. The van der Waals surface area contributed by atoms with Gasteiger partial charge in [-0.3, -0.25) is 0 Å². The molecule has 0 bridgehead atoms. The Kier molecular flexibility index (Phi) is 3.94. The lowest BCUT2D eigenvalue weighted by atomic mass is 10.0. The smallest absolute Gasteiger partial charge is 0.116 e. The molecule has 0 fully saturated rings. The number of hydrogen-bond acceptors (Lipinski definition) is 2. The van der Waals surface area contributed by atoms with Gasteiger partial charge in [0, 0.05) is 27.7 Å². The van der Waals surface area contributed by atoms with Gasteiger partial charge in [-0.2, -0.15) is 0 Å². The zero-order valence-corrected chi connectivity index (χ0v) is 16.0. The minimum absolute atomic E-state index is 0.380. The third-order valence-corrected chi connectivity index (χ3v) is 5.26. The van der Waals surface area contributed by atoms with Crippen LogP contribution in [0.2, 0.25) is 0 Å². The van der Waals surface area contributed by atoms with Gasteiger partial charge in [-0.15, -0.1) is 0 Å². The van der Waals surface area contributed by atoms with Crippen LogP contribution >= 0.6 is 0 Å². The van der Waals surface area contributed by atoms with E-state index in [4.69, 9.17) is 0 Å². The Hall–Kier alpha value is -3.46. The van der Waals surface area contributed by atoms with Gasteiger partial charge < -0.3 is 4.57 Å². The second kappa shape index (κ2) is 6.61. The lowest BCUT2D eigenvalue weighted by Gasteiger charge is -2.09. The summed E-state index contributed by atoms with van der Waals surface area (Å²) in [5.74, 6) is 0.380. The van der Waals surface area contributed by atoms with Crippen LogP contribution < -0.4 is 0 Å². The minimum atomic E-state index is 0.380. The average Bonchev–Trinajstić information content (AvgIpc) is 3.08. The van der Waals surface area contributed by atoms with Gasteiger partial charge in [0.05, 0.1) is 16.7 Å². The van der Waals surface area contributed by atoms with Crippen molar-refractivity contribution < 1.29 is 0 Å². The van der Waals surface area contributed by atoms with Crippen molar-refractivity contribution in [3.05, 3.63) is 90.9 Å². The van der Waals surface area contributed by atoms with Crippen LogP contribution in [0, 0.1) is 0 Å². The predicted molar refractivity (Wildman–Crippen MR) is 116 cm³/mol. The van der Waals surface area contributed by atoms with Crippen LogP contribution in [-0.4, -0.2) is 14.5 Å². The molecule has 0 spiro atoms. The van der Waals surface area contributed by atoms with Gasteiger partial charge in [-0.05, 0) is 42.3 Å². The molecule has 0 saturated heterocycles. The van der Waals surface area contributed by atoms with E-state index < -0.39 is 0 Å². The molecular weight excluding hydrogens is 342 g/mol. The third-order valence-electron chi connectivity index (χ3n) is 5.26. The van der Waals surface area contributed by atoms with Gasteiger partial charge >= 0.3 is 0 Å². The SMILES string of the molecule is CC(C)c1cc(-c2ccc3c(c2)c2ccccc2n3-c2ccccc2)ncn1. The van der Waals surface area contributed by atoms with E-state index in [2.05, 4.69) is 107 Å². The van der Waals surface area contributed by atoms with Crippen LogP contribution in [0.15, 0.2) is 85.2 Å². The summed E-state index contributed by atoms with van der Waals surface area (Å²) >= 11 is 0. The van der Waals surface area contributed by atoms with E-state index in [0.29, 0.717) is 5.92 Å². The highest BCUT2D eigenvalue weighted by Gasteiger charge is 2.13. The number of para-hydroxylation sites is 2. The zero-order chi connectivity index (χ0) is 19.1. The van der Waals surface area contributed by atoms with Crippen molar-refractivity contribution in [2.24, 2.45) is 0 Å². The molecule has 2 heterocycles. The van der Waals surface area contributed by atoms with E-state index in [1.54, 1.807) is 6.33 Å². The molecule has 0 aliphatic rings. The lowest BCUT2D eigenvalue weighted by Crippen LogP contribution is -1.95. The second-order valence-electron chi connectivity index (χ2n) is 7.40. The first-order chi connectivity index (χ1) is 13.7. The van der Waals surface area contributed by atoms with Crippen molar-refractivity contribution in [1.29, 1.82) is 0 Å². The molecule has 136 valence electrons. The molecular formula is C25H21N3. The fourth-order valence-electron chi connectivity index (χ4n) is 3.83. The molecule has 0 aliphatic carbocycles. The summed E-state index contributed by atoms with van der Waals surface area (Å²) in [5.41, 5.74) is 6.74. The molecule has 3 nitrogen and oxygen atoms in total. The average molecular weight is 363 g/mol. The first-order valence-electron chi connectivity index (χ1n) is 9.63. The van der Waals surface area contributed by atoms with Crippen molar-refractivity contribution in [2.45, 2.75) is 19.8 Å². The van der Waals surface area contributed by atoms with E-state index in [0.717, 1.165) is 17.0 Å². The fourth-order valence-corrected chi connectivity index (χ4v) is 3.83. The Morgan fingerprint density at radius 2 is 1.46 bits per heavy atom. The first kappa shape index (κ1) is 16.7. The van der Waals surface area contributed by atoms with Crippen molar-refractivity contribution in [3.8, 4) is 16.9 Å². The van der Waals surface area contributed by atoms with Gasteiger partial charge in [0.15, 0.2) is 0 Å². The van der Waals surface area contributed by atoms with Gasteiger partial charge in [-0.1, -0.05) is 56.3 Å². The van der Waals surface area contributed by atoms with Crippen molar-refractivity contribution in [2.75, 3.05) is 0 Å². The summed E-state index contributed by atoms with van der Waals surface area (Å²) in [7, 11) is 0. The molecule has 3 heteroatoms. The number of aromatic nitrogens is 3. The van der Waals surface area contributed by atoms with E-state index in [1.165, 1.54) is 27.5 Å². The van der Waals surface area contributed by atoms with Crippen LogP contribution in [0.1, 0.15) is 25.5 Å². The normalized spacial score (nSPS) is 11.5. The molecule has 2 aromatic heterocycles. The Labute approximate surface area is 164 Å². The van der Waals surface area contributed by atoms with Crippen LogP contribution in [0.4, 0.5) is 0 Å². The molecule has 5 aromatic rings. The van der Waals surface area contributed by atoms with Crippen LogP contribution in [-0.2, 0) is 0 Å². The monoisotopic (exact) mass is 363 g/mol. The molecule has 0 unspecified atom stereocenters. The standard InChI is InChI=1S/C25H21N3/c1-17(2)22-15-23(27-16-26-22)18-12-13-25-21(14-18)20-10-6-7-11-24(20)28(25)19-8-4-3-5-9-19/h3-17H,1-2H3. The van der Waals surface area contributed by atoms with Crippen LogP contribution in [0.5, 0.6) is 0 Å². The fraction of sp³-hybridized carbons (Fsp3) is 0.120. The van der Waals surface area contributed by atoms with E-state index in [9.17, 15) is 0 Å². The van der Waals surface area contributed by atoms with Crippen LogP contribution in [0.3, 0.4) is 0 Å². The Bertz CT molecular complexity index is 1280. The Balaban J connectivity index is 1.78. The number of fused-ring (bicyclic) bond motifs is 3. The molecule has 0 aliphatic heterocycles. The summed E-state index contributed by atoms with van der Waals surface area (Å²) in [6, 6.07) is 27.8. The minimum Gasteiger partial charge on any atom is -0.309 e. The van der Waals surface area contributed by atoms with E-state index in [-0.39, 0.29) is 0 Å². The van der Waals surface area contributed by atoms with Gasteiger partial charge in [0.2, 0.25) is 0 Å². The summed E-state index contributed by atoms with van der Waals surface area (Å²) < 4.78 is 2.33. The summed E-state index contributed by atoms with van der Waals surface area (Å²) in [5, 5.41) is 2.49. The maximum absolute atomic E-state index is 4.53. The maximum Gasteiger partial charge on any atom is 0.116 e. The molecule has 0 amide bonds. The summed E-state index contributed by atoms with van der Waals surface area (Å²) in [6.45, 7) is 4.31. The van der Waals surface area contributed by atoms with Crippen molar-refractivity contribution in [3.63, 3.8) is 0 Å². The number of nitrogens with zero attached hydrogens (tertiary/aromatic N) is 3. The number of benzene rings is 3.